The Bertz CT molecular complexity index is 680. The van der Waals surface area contributed by atoms with Gasteiger partial charge in [-0.05, 0) is 85.4 Å². The molecule has 5 nitrogen and oxygen atoms in total. The predicted molar refractivity (Wildman–Crippen MR) is 115 cm³/mol. The molecule has 4 unspecified atom stereocenters. The second-order valence-corrected chi connectivity index (χ2v) is 11.8. The molecule has 0 spiro atoms. The van der Waals surface area contributed by atoms with Crippen molar-refractivity contribution in [3.8, 4) is 0 Å². The summed E-state index contributed by atoms with van der Waals surface area (Å²) in [5, 5.41) is 43.4. The Morgan fingerprint density at radius 3 is 2.37 bits per heavy atom. The van der Waals surface area contributed by atoms with Crippen molar-refractivity contribution in [1.29, 1.82) is 0 Å². The molecule has 4 aliphatic carbocycles. The van der Waals surface area contributed by atoms with Gasteiger partial charge in [-0.15, -0.1) is 0 Å². The SMILES string of the molecule is CCC[C@@H](C)[C@H]1CC[C@H]2[C@@H]3C(O)C(O)C4(C(=O)O)CC(O)CC[C@]4(C)[C@H]3CC[C@]12C. The van der Waals surface area contributed by atoms with Crippen molar-refractivity contribution < 1.29 is 25.2 Å². The average Bonchev–Trinajstić information content (AvgIpc) is 3.04. The van der Waals surface area contributed by atoms with Crippen LogP contribution in [0.25, 0.3) is 0 Å². The van der Waals surface area contributed by atoms with Crippen molar-refractivity contribution in [2.45, 2.75) is 104 Å². The van der Waals surface area contributed by atoms with E-state index >= 15 is 0 Å². The smallest absolute Gasteiger partial charge is 0.313 e. The number of aliphatic carboxylic acids is 1. The van der Waals surface area contributed by atoms with Crippen LogP contribution >= 0.6 is 0 Å². The van der Waals surface area contributed by atoms with Crippen LogP contribution in [-0.4, -0.2) is 44.7 Å². The first-order valence-corrected chi connectivity index (χ1v) is 12.3. The molecule has 0 aliphatic heterocycles. The molecule has 30 heavy (non-hydrogen) atoms. The molecule has 0 radical (unpaired) electrons. The highest BCUT2D eigenvalue weighted by molar-refractivity contribution is 5.77. The van der Waals surface area contributed by atoms with Gasteiger partial charge in [0, 0.05) is 0 Å². The van der Waals surface area contributed by atoms with Gasteiger partial charge < -0.3 is 20.4 Å². The van der Waals surface area contributed by atoms with Crippen molar-refractivity contribution in [2.24, 2.45) is 45.8 Å². The van der Waals surface area contributed by atoms with E-state index in [1.807, 2.05) is 6.92 Å². The third-order valence-electron chi connectivity index (χ3n) is 10.8. The van der Waals surface area contributed by atoms with Crippen molar-refractivity contribution in [1.82, 2.24) is 0 Å². The molecule has 0 heterocycles. The largest absolute Gasteiger partial charge is 0.481 e. The number of carbonyl (C=O) groups is 1. The number of carboxylic acids is 1. The summed E-state index contributed by atoms with van der Waals surface area (Å²) < 4.78 is 0. The normalized spacial score (nSPS) is 54.0. The van der Waals surface area contributed by atoms with Gasteiger partial charge in [-0.25, -0.2) is 0 Å². The Balaban J connectivity index is 1.74. The van der Waals surface area contributed by atoms with Crippen molar-refractivity contribution in [3.05, 3.63) is 0 Å². The molecule has 4 fully saturated rings. The van der Waals surface area contributed by atoms with Gasteiger partial charge in [0.1, 0.15) is 5.41 Å². The van der Waals surface area contributed by atoms with E-state index in [0.29, 0.717) is 30.6 Å². The summed E-state index contributed by atoms with van der Waals surface area (Å²) in [5.74, 6) is 0.609. The van der Waals surface area contributed by atoms with E-state index in [4.69, 9.17) is 0 Å². The average molecular weight is 423 g/mol. The molecule has 0 amide bonds. The number of aliphatic hydroxyl groups is 3. The van der Waals surface area contributed by atoms with Crippen LogP contribution in [0.5, 0.6) is 0 Å². The zero-order valence-electron chi connectivity index (χ0n) is 19.2. The molecular formula is C25H42O5. The fourth-order valence-corrected chi connectivity index (χ4v) is 9.38. The van der Waals surface area contributed by atoms with Crippen molar-refractivity contribution in [2.75, 3.05) is 0 Å². The molecule has 4 N–H and O–H groups in total. The quantitative estimate of drug-likeness (QED) is 0.552. The van der Waals surface area contributed by atoms with E-state index in [1.165, 1.54) is 19.3 Å². The first-order valence-electron chi connectivity index (χ1n) is 12.3. The third kappa shape index (κ3) is 2.73. The van der Waals surface area contributed by atoms with Gasteiger partial charge in [-0.3, -0.25) is 4.79 Å². The number of fused-ring (bicyclic) bond motifs is 5. The number of hydrogen-bond acceptors (Lipinski definition) is 4. The second-order valence-electron chi connectivity index (χ2n) is 11.8. The fraction of sp³-hybridized carbons (Fsp3) is 0.960. The van der Waals surface area contributed by atoms with Gasteiger partial charge in [-0.2, -0.15) is 0 Å². The monoisotopic (exact) mass is 422 g/mol. The van der Waals surface area contributed by atoms with Crippen LogP contribution in [-0.2, 0) is 4.79 Å². The molecular weight excluding hydrogens is 380 g/mol. The molecule has 5 heteroatoms. The molecule has 4 aliphatic rings. The van der Waals surface area contributed by atoms with Crippen molar-refractivity contribution in [3.63, 3.8) is 0 Å². The maximum absolute atomic E-state index is 12.6. The van der Waals surface area contributed by atoms with E-state index in [-0.39, 0.29) is 23.7 Å². The Hall–Kier alpha value is -0.650. The van der Waals surface area contributed by atoms with E-state index in [1.54, 1.807) is 0 Å². The van der Waals surface area contributed by atoms with Gasteiger partial charge >= 0.3 is 5.97 Å². The maximum atomic E-state index is 12.6. The number of hydrogen-bond donors (Lipinski definition) is 4. The summed E-state index contributed by atoms with van der Waals surface area (Å²) in [6.07, 6.45) is 4.78. The molecule has 0 aromatic carbocycles. The van der Waals surface area contributed by atoms with Crippen LogP contribution in [0.4, 0.5) is 0 Å². The van der Waals surface area contributed by atoms with Crippen LogP contribution in [0, 0.1) is 45.8 Å². The first kappa shape index (κ1) is 22.5. The number of carboxylic acid groups (broad SMARTS) is 1. The van der Waals surface area contributed by atoms with Gasteiger partial charge in [0.15, 0.2) is 0 Å². The lowest BCUT2D eigenvalue weighted by molar-refractivity contribution is -0.267. The van der Waals surface area contributed by atoms with Crippen LogP contribution in [0.3, 0.4) is 0 Å². The second kappa shape index (κ2) is 7.45. The maximum Gasteiger partial charge on any atom is 0.313 e. The summed E-state index contributed by atoms with van der Waals surface area (Å²) in [5.41, 5.74) is -1.91. The lowest BCUT2D eigenvalue weighted by Gasteiger charge is -2.66. The van der Waals surface area contributed by atoms with Gasteiger partial charge in [0.05, 0.1) is 18.3 Å². The first-order chi connectivity index (χ1) is 14.0. The van der Waals surface area contributed by atoms with Crippen LogP contribution in [0.1, 0.15) is 85.5 Å². The fourth-order valence-electron chi connectivity index (χ4n) is 9.38. The third-order valence-corrected chi connectivity index (χ3v) is 10.8. The number of rotatable bonds is 4. The van der Waals surface area contributed by atoms with Crippen LogP contribution in [0.2, 0.25) is 0 Å². The van der Waals surface area contributed by atoms with Crippen molar-refractivity contribution >= 4 is 5.97 Å². The molecule has 4 rings (SSSR count). The Morgan fingerprint density at radius 1 is 1.03 bits per heavy atom. The van der Waals surface area contributed by atoms with E-state index in [0.717, 1.165) is 19.3 Å². The van der Waals surface area contributed by atoms with Crippen LogP contribution in [0.15, 0.2) is 0 Å². The highest BCUT2D eigenvalue weighted by atomic mass is 16.4. The summed E-state index contributed by atoms with van der Waals surface area (Å²) in [4.78, 5) is 12.6. The minimum absolute atomic E-state index is 0.0401. The summed E-state index contributed by atoms with van der Waals surface area (Å²) in [6.45, 7) is 9.06. The molecule has 0 saturated heterocycles. The number of aliphatic hydroxyl groups excluding tert-OH is 3. The van der Waals surface area contributed by atoms with Gasteiger partial charge in [0.25, 0.3) is 0 Å². The van der Waals surface area contributed by atoms with Gasteiger partial charge in [0.2, 0.25) is 0 Å². The standard InChI is InChI=1S/C25H42O5/c1-5-6-14(2)16-7-8-17-19-18(10-11-23(16,17)3)24(4)12-9-15(26)13-25(24,22(29)30)21(28)20(19)27/h14-21,26-28H,5-13H2,1-4H3,(H,29,30)/t14-,15?,16-,17+,18+,19+,20?,21?,23-,24-,25?/m1/s1. The highest BCUT2D eigenvalue weighted by Crippen LogP contribution is 2.71. The van der Waals surface area contributed by atoms with E-state index < -0.39 is 35.1 Å². The summed E-state index contributed by atoms with van der Waals surface area (Å²) >= 11 is 0. The van der Waals surface area contributed by atoms with E-state index in [9.17, 15) is 25.2 Å². The van der Waals surface area contributed by atoms with E-state index in [2.05, 4.69) is 20.8 Å². The molecule has 0 aromatic rings. The minimum Gasteiger partial charge on any atom is -0.481 e. The molecule has 4 saturated carbocycles. The lowest BCUT2D eigenvalue weighted by Crippen LogP contribution is -2.72. The lowest BCUT2D eigenvalue weighted by atomic mass is 9.38. The topological polar surface area (TPSA) is 98.0 Å². The van der Waals surface area contributed by atoms with Gasteiger partial charge in [-0.1, -0.05) is 40.5 Å². The highest BCUT2D eigenvalue weighted by Gasteiger charge is 2.73. The minimum atomic E-state index is -1.47. The Labute approximate surface area is 181 Å². The Kier molecular flexibility index (Phi) is 5.60. The molecule has 0 aromatic heterocycles. The predicted octanol–water partition coefficient (Wildman–Crippen LogP) is 3.84. The summed E-state index contributed by atoms with van der Waals surface area (Å²) in [6, 6.07) is 0. The molecule has 11 atom stereocenters. The molecule has 172 valence electrons. The Morgan fingerprint density at radius 2 is 1.73 bits per heavy atom. The van der Waals surface area contributed by atoms with Crippen LogP contribution < -0.4 is 0 Å². The summed E-state index contributed by atoms with van der Waals surface area (Å²) in [7, 11) is 0. The zero-order valence-corrected chi connectivity index (χ0v) is 19.2. The zero-order chi connectivity index (χ0) is 22.1. The molecule has 0 bridgehead atoms.